The zero-order valence-electron chi connectivity index (χ0n) is 13.7. The molecule has 2 bridgehead atoms. The van der Waals surface area contributed by atoms with E-state index in [0.717, 1.165) is 12.8 Å². The molecule has 4 nitrogen and oxygen atoms in total. The lowest BCUT2D eigenvalue weighted by Crippen LogP contribution is -2.44. The molecule has 2 aliphatic heterocycles. The molecular formula is C18H24ClNO3. The number of benzene rings is 1. The second kappa shape index (κ2) is 7.10. The van der Waals surface area contributed by atoms with Crippen LogP contribution < -0.4 is 4.74 Å². The van der Waals surface area contributed by atoms with E-state index in [2.05, 4.69) is 11.9 Å². The van der Waals surface area contributed by atoms with Crippen molar-refractivity contribution in [3.05, 3.63) is 29.3 Å². The normalized spacial score (nSPS) is 28.4. The highest BCUT2D eigenvalue weighted by atomic mass is 35.5. The standard InChI is InChI=1S/C18H24ClNO3/c1-3-17(22-15-8-4-12(19)5-9-15)18(21)23-16-10-13-6-7-14(11-16)20(13)2/h4-5,8-9,13-14,16-17H,3,6-7,10-11H2,1-2H3/t13?,14?,16?,17-/m1/s1. The Bertz CT molecular complexity index is 534. The smallest absolute Gasteiger partial charge is 0.347 e. The molecule has 5 heteroatoms. The predicted molar refractivity (Wildman–Crippen MR) is 89.8 cm³/mol. The van der Waals surface area contributed by atoms with Crippen molar-refractivity contribution in [3.8, 4) is 5.75 Å². The maximum absolute atomic E-state index is 12.4. The van der Waals surface area contributed by atoms with E-state index in [4.69, 9.17) is 21.1 Å². The van der Waals surface area contributed by atoms with Gasteiger partial charge in [0.2, 0.25) is 0 Å². The summed E-state index contributed by atoms with van der Waals surface area (Å²) in [6.45, 7) is 1.93. The van der Waals surface area contributed by atoms with Gasteiger partial charge in [0.25, 0.3) is 0 Å². The second-order valence-corrected chi connectivity index (χ2v) is 6.99. The number of piperidine rings is 1. The number of carbonyl (C=O) groups excluding carboxylic acids is 1. The molecule has 1 aromatic rings. The largest absolute Gasteiger partial charge is 0.479 e. The molecule has 1 aromatic carbocycles. The molecule has 3 rings (SSSR count). The van der Waals surface area contributed by atoms with Gasteiger partial charge in [-0.05, 0) is 63.4 Å². The van der Waals surface area contributed by atoms with Crippen molar-refractivity contribution in [2.75, 3.05) is 7.05 Å². The zero-order chi connectivity index (χ0) is 16.4. The summed E-state index contributed by atoms with van der Waals surface area (Å²) >= 11 is 5.87. The summed E-state index contributed by atoms with van der Waals surface area (Å²) in [6.07, 6.45) is 4.36. The molecule has 0 aromatic heterocycles. The van der Waals surface area contributed by atoms with Crippen molar-refractivity contribution in [3.63, 3.8) is 0 Å². The molecule has 0 saturated carbocycles. The Hall–Kier alpha value is -1.26. The molecule has 0 amide bonds. The van der Waals surface area contributed by atoms with E-state index in [0.29, 0.717) is 29.3 Å². The fourth-order valence-electron chi connectivity index (χ4n) is 3.67. The van der Waals surface area contributed by atoms with E-state index in [-0.39, 0.29) is 12.1 Å². The summed E-state index contributed by atoms with van der Waals surface area (Å²) in [5.74, 6) is 0.387. The van der Waals surface area contributed by atoms with Gasteiger partial charge in [-0.15, -0.1) is 0 Å². The Morgan fingerprint density at radius 1 is 1.26 bits per heavy atom. The van der Waals surface area contributed by atoms with Crippen LogP contribution in [0.25, 0.3) is 0 Å². The van der Waals surface area contributed by atoms with Crippen LogP contribution in [0.5, 0.6) is 5.75 Å². The summed E-state index contributed by atoms with van der Waals surface area (Å²) in [4.78, 5) is 14.9. The van der Waals surface area contributed by atoms with Gasteiger partial charge in [-0.2, -0.15) is 0 Å². The molecule has 2 heterocycles. The van der Waals surface area contributed by atoms with Crippen LogP contribution in [0.1, 0.15) is 39.0 Å². The first kappa shape index (κ1) is 16.6. The number of fused-ring (bicyclic) bond motifs is 2. The van der Waals surface area contributed by atoms with E-state index in [1.165, 1.54) is 12.8 Å². The molecule has 2 saturated heterocycles. The van der Waals surface area contributed by atoms with Crippen molar-refractivity contribution in [2.24, 2.45) is 0 Å². The minimum atomic E-state index is -0.562. The SMILES string of the molecule is CC[C@@H](Oc1ccc(Cl)cc1)C(=O)OC1CC2CCC(C1)N2C. The van der Waals surface area contributed by atoms with Crippen LogP contribution >= 0.6 is 11.6 Å². The average Bonchev–Trinajstić information content (AvgIpc) is 2.75. The first-order valence-electron chi connectivity index (χ1n) is 8.41. The van der Waals surface area contributed by atoms with Gasteiger partial charge in [-0.3, -0.25) is 0 Å². The van der Waals surface area contributed by atoms with Crippen LogP contribution in [0.15, 0.2) is 24.3 Å². The van der Waals surface area contributed by atoms with Crippen molar-refractivity contribution >= 4 is 17.6 Å². The van der Waals surface area contributed by atoms with Gasteiger partial charge >= 0.3 is 5.97 Å². The summed E-state index contributed by atoms with van der Waals surface area (Å²) in [5, 5.41) is 0.648. The molecule has 0 N–H and O–H groups in total. The van der Waals surface area contributed by atoms with E-state index in [9.17, 15) is 4.79 Å². The molecule has 0 aliphatic carbocycles. The van der Waals surface area contributed by atoms with Gasteiger partial charge in [0.05, 0.1) is 0 Å². The van der Waals surface area contributed by atoms with E-state index in [1.54, 1.807) is 24.3 Å². The Kier molecular flexibility index (Phi) is 5.12. The zero-order valence-corrected chi connectivity index (χ0v) is 14.5. The minimum Gasteiger partial charge on any atom is -0.479 e. The summed E-state index contributed by atoms with van der Waals surface area (Å²) in [7, 11) is 2.18. The fourth-order valence-corrected chi connectivity index (χ4v) is 3.80. The van der Waals surface area contributed by atoms with Crippen LogP contribution in [-0.4, -0.2) is 42.2 Å². The van der Waals surface area contributed by atoms with Crippen molar-refractivity contribution in [1.29, 1.82) is 0 Å². The van der Waals surface area contributed by atoms with Crippen LogP contribution in [0.4, 0.5) is 0 Å². The number of ether oxygens (including phenoxy) is 2. The molecule has 0 spiro atoms. The lowest BCUT2D eigenvalue weighted by Gasteiger charge is -2.36. The van der Waals surface area contributed by atoms with Gasteiger partial charge in [-0.25, -0.2) is 4.79 Å². The number of nitrogens with zero attached hydrogens (tertiary/aromatic N) is 1. The predicted octanol–water partition coefficient (Wildman–Crippen LogP) is 3.67. The van der Waals surface area contributed by atoms with Crippen LogP contribution in [0.2, 0.25) is 5.02 Å². The number of esters is 1. The highest BCUT2D eigenvalue weighted by Gasteiger charge is 2.40. The van der Waals surface area contributed by atoms with Gasteiger partial charge in [0, 0.05) is 17.1 Å². The summed E-state index contributed by atoms with van der Waals surface area (Å²) < 4.78 is 11.5. The summed E-state index contributed by atoms with van der Waals surface area (Å²) in [6, 6.07) is 8.17. The lowest BCUT2D eigenvalue weighted by atomic mass is 10.0. The highest BCUT2D eigenvalue weighted by molar-refractivity contribution is 6.30. The molecule has 2 aliphatic rings. The molecule has 2 unspecified atom stereocenters. The third kappa shape index (κ3) is 3.81. The minimum absolute atomic E-state index is 0.0269. The van der Waals surface area contributed by atoms with Gasteiger partial charge in [0.15, 0.2) is 6.10 Å². The van der Waals surface area contributed by atoms with Crippen LogP contribution in [0, 0.1) is 0 Å². The van der Waals surface area contributed by atoms with Gasteiger partial charge in [0.1, 0.15) is 11.9 Å². The highest BCUT2D eigenvalue weighted by Crippen LogP contribution is 2.35. The van der Waals surface area contributed by atoms with Crippen molar-refractivity contribution < 1.29 is 14.3 Å². The quantitative estimate of drug-likeness (QED) is 0.768. The Labute approximate surface area is 142 Å². The number of hydrogen-bond donors (Lipinski definition) is 0. The van der Waals surface area contributed by atoms with Crippen LogP contribution in [0.3, 0.4) is 0 Å². The van der Waals surface area contributed by atoms with Crippen molar-refractivity contribution in [2.45, 2.75) is 63.3 Å². The molecule has 126 valence electrons. The van der Waals surface area contributed by atoms with E-state index >= 15 is 0 Å². The molecule has 23 heavy (non-hydrogen) atoms. The first-order valence-corrected chi connectivity index (χ1v) is 8.79. The average molecular weight is 338 g/mol. The van der Waals surface area contributed by atoms with Crippen molar-refractivity contribution in [1.82, 2.24) is 4.90 Å². The maximum Gasteiger partial charge on any atom is 0.347 e. The first-order chi connectivity index (χ1) is 11.1. The molecule has 3 atom stereocenters. The number of halogens is 1. The van der Waals surface area contributed by atoms with Gasteiger partial charge in [-0.1, -0.05) is 18.5 Å². The van der Waals surface area contributed by atoms with E-state index in [1.807, 2.05) is 6.92 Å². The summed E-state index contributed by atoms with van der Waals surface area (Å²) in [5.41, 5.74) is 0. The number of carbonyl (C=O) groups is 1. The molecule has 0 radical (unpaired) electrons. The number of rotatable bonds is 5. The Morgan fingerprint density at radius 3 is 2.43 bits per heavy atom. The monoisotopic (exact) mass is 337 g/mol. The van der Waals surface area contributed by atoms with Crippen LogP contribution in [-0.2, 0) is 9.53 Å². The Balaban J connectivity index is 1.56. The maximum atomic E-state index is 12.4. The third-order valence-corrected chi connectivity index (χ3v) is 5.32. The van der Waals surface area contributed by atoms with Gasteiger partial charge < -0.3 is 14.4 Å². The topological polar surface area (TPSA) is 38.8 Å². The molecular weight excluding hydrogens is 314 g/mol. The van der Waals surface area contributed by atoms with E-state index < -0.39 is 6.10 Å². The third-order valence-electron chi connectivity index (χ3n) is 5.06. The Morgan fingerprint density at radius 2 is 1.87 bits per heavy atom. The lowest BCUT2D eigenvalue weighted by molar-refractivity contribution is -0.161. The fraction of sp³-hybridized carbons (Fsp3) is 0.611. The number of hydrogen-bond acceptors (Lipinski definition) is 4. The second-order valence-electron chi connectivity index (χ2n) is 6.55. The molecule has 2 fully saturated rings.